The van der Waals surface area contributed by atoms with E-state index in [1.54, 1.807) is 5.56 Å². The van der Waals surface area contributed by atoms with E-state index < -0.39 is 0 Å². The van der Waals surface area contributed by atoms with Gasteiger partial charge in [-0.3, -0.25) is 0 Å². The third kappa shape index (κ3) is 10.6. The Morgan fingerprint density at radius 2 is 1.51 bits per heavy atom. The van der Waals surface area contributed by atoms with Crippen LogP contribution in [0.15, 0.2) is 147 Å². The minimum atomic E-state index is -0.161. The predicted octanol–water partition coefficient (Wildman–Crippen LogP) is 19.7. The van der Waals surface area contributed by atoms with Crippen LogP contribution in [-0.2, 0) is 16.2 Å². The van der Waals surface area contributed by atoms with Gasteiger partial charge in [0.1, 0.15) is 5.58 Å². The molecule has 402 valence electrons. The number of hydrogen-bond acceptors (Lipinski definition) is 3. The normalized spacial score (nSPS) is 25.5. The van der Waals surface area contributed by atoms with E-state index in [1.165, 1.54) is 98.9 Å². The monoisotopic (exact) mass is 1010 g/mol. The van der Waals surface area contributed by atoms with Crippen LogP contribution in [0.3, 0.4) is 0 Å². The first-order chi connectivity index (χ1) is 35.0. The van der Waals surface area contributed by atoms with Crippen LogP contribution < -0.4 is 11.0 Å². The summed E-state index contributed by atoms with van der Waals surface area (Å²) in [5, 5.41) is 5.40. The Kier molecular flexibility index (Phi) is 15.5. The highest BCUT2D eigenvalue weighted by Crippen LogP contribution is 2.60. The van der Waals surface area contributed by atoms with Gasteiger partial charge in [0.05, 0.1) is 5.66 Å². The molecule has 2 saturated carbocycles. The van der Waals surface area contributed by atoms with E-state index in [2.05, 4.69) is 221 Å². The van der Waals surface area contributed by atoms with Crippen molar-refractivity contribution < 1.29 is 4.42 Å². The molecule has 0 radical (unpaired) electrons. The van der Waals surface area contributed by atoms with Crippen molar-refractivity contribution in [3.8, 4) is 0 Å². The summed E-state index contributed by atoms with van der Waals surface area (Å²) in [6.45, 7) is 55.4. The van der Waals surface area contributed by atoms with E-state index in [-0.39, 0.29) is 45.1 Å². The Hall–Kier alpha value is -4.70. The molecule has 0 saturated heterocycles. The smallest absolute Gasteiger partial charge is 0.289 e. The maximum Gasteiger partial charge on any atom is 0.289 e. The fourth-order valence-electron chi connectivity index (χ4n) is 14.1. The van der Waals surface area contributed by atoms with Crippen LogP contribution in [0, 0.1) is 34.0 Å². The van der Waals surface area contributed by atoms with E-state index >= 15 is 0 Å². The van der Waals surface area contributed by atoms with E-state index in [0.717, 1.165) is 48.2 Å². The number of rotatable bonds is 15. The molecule has 3 aromatic rings. The molecule has 2 heterocycles. The molecule has 6 aliphatic rings. The van der Waals surface area contributed by atoms with Crippen molar-refractivity contribution in [2.45, 2.75) is 212 Å². The fourth-order valence-corrected chi connectivity index (χ4v) is 14.1. The van der Waals surface area contributed by atoms with Gasteiger partial charge in [-0.05, 0) is 208 Å². The van der Waals surface area contributed by atoms with Crippen molar-refractivity contribution in [2.24, 2.45) is 34.0 Å². The van der Waals surface area contributed by atoms with E-state index in [4.69, 9.17) is 11.0 Å². The van der Waals surface area contributed by atoms with Crippen molar-refractivity contribution in [1.29, 1.82) is 0 Å². The third-order valence-electron chi connectivity index (χ3n) is 19.9. The summed E-state index contributed by atoms with van der Waals surface area (Å²) in [4.78, 5) is 2.70. The highest BCUT2D eigenvalue weighted by Gasteiger charge is 2.52. The number of nitrogens with one attached hydrogen (secondary N) is 1. The summed E-state index contributed by atoms with van der Waals surface area (Å²) in [6.07, 6.45) is 27.1. The highest BCUT2D eigenvalue weighted by atomic mass is 16.3. The second kappa shape index (κ2) is 20.6. The van der Waals surface area contributed by atoms with Gasteiger partial charge in [0, 0.05) is 34.7 Å². The minimum absolute atomic E-state index is 0.0130. The summed E-state index contributed by atoms with van der Waals surface area (Å²) in [5.41, 5.74) is 21.2. The molecule has 3 nitrogen and oxygen atoms in total. The molecule has 1 aromatic heterocycles. The number of benzene rings is 2. The molecule has 9 rings (SSSR count). The maximum absolute atomic E-state index is 7.56. The lowest BCUT2D eigenvalue weighted by Gasteiger charge is -2.55. The van der Waals surface area contributed by atoms with Gasteiger partial charge in [0.2, 0.25) is 0 Å². The first kappa shape index (κ1) is 56.5. The Morgan fingerprint density at radius 1 is 0.867 bits per heavy atom. The molecule has 2 fully saturated rings. The van der Waals surface area contributed by atoms with Crippen molar-refractivity contribution in [2.75, 3.05) is 11.9 Å². The summed E-state index contributed by atoms with van der Waals surface area (Å²) in [7, 11) is 0. The van der Waals surface area contributed by atoms with Gasteiger partial charge in [0.15, 0.2) is 0 Å². The van der Waals surface area contributed by atoms with Crippen molar-refractivity contribution in [3.05, 3.63) is 165 Å². The predicted molar refractivity (Wildman–Crippen MR) is 328 cm³/mol. The first-order valence-electron chi connectivity index (χ1n) is 29.5. The molecule has 3 atom stereocenters. The molecule has 1 aliphatic heterocycles. The van der Waals surface area contributed by atoms with Crippen LogP contribution in [0.2, 0.25) is 0 Å². The van der Waals surface area contributed by atoms with Gasteiger partial charge in [-0.15, -0.1) is 0 Å². The first-order valence-corrected chi connectivity index (χ1v) is 29.5. The lowest BCUT2D eigenvalue weighted by molar-refractivity contribution is 0.0263. The van der Waals surface area contributed by atoms with E-state index in [9.17, 15) is 0 Å². The number of fused-ring (bicyclic) bond motifs is 4. The summed E-state index contributed by atoms with van der Waals surface area (Å²) in [5.74, 6) is 1.48. The summed E-state index contributed by atoms with van der Waals surface area (Å²) in [6, 6.07) is 14.6. The van der Waals surface area contributed by atoms with Crippen molar-refractivity contribution in [3.63, 3.8) is 0 Å². The zero-order chi connectivity index (χ0) is 55.0. The SMILES string of the molecule is C=C/C=C\C(=C)C1=C(N2C(C)=C(/C=C(\CCC)C(C)CC)B(c3cc4cc5c(cc4o3)C3(C)CCC5(C)CC3)C(CNc3ccc(C(C)C)c(C(C)(C)C)c3)=C2/C=C(\C)C(C)(C)C)C=CC2C1C(C)(C)CCC2(C)C. The second-order valence-corrected chi connectivity index (χ2v) is 28.6. The number of allylic oxidation sites excluding steroid dienone is 13. The van der Waals surface area contributed by atoms with Crippen molar-refractivity contribution in [1.82, 2.24) is 4.90 Å². The average Bonchev–Trinajstić information content (AvgIpc) is 3.77. The van der Waals surface area contributed by atoms with Crippen molar-refractivity contribution >= 4 is 29.0 Å². The number of hydrogen-bond donors (Lipinski definition) is 1. The molecule has 1 N–H and O–H groups in total. The fraction of sp³-hybridized carbons (Fsp3) is 0.549. The van der Waals surface area contributed by atoms with E-state index in [0.29, 0.717) is 24.3 Å². The Bertz CT molecular complexity index is 2880. The second-order valence-electron chi connectivity index (χ2n) is 28.6. The molecule has 5 aliphatic carbocycles. The van der Waals surface area contributed by atoms with Gasteiger partial charge in [-0.2, -0.15) is 0 Å². The quantitative estimate of drug-likeness (QED) is 0.121. The molecular formula is C71H99BN2O. The standard InChI is InChI=1S/C71H99BN2O/c1-22-25-27-47(7)64-60(31-30-54-65(64)69(18,19)33-32-68(54,16)17)74-49(9)58(40-50(26-23-2)46(6)24-3)72(63-41-51-39-56-57(43-62(51)75-63)71(21)36-34-70(56,20)35-37-71)59(61(74)38-48(8)66(10,11)12)44-73-52-28-29-53(45(4)5)55(42-52)67(13,14)15/h22,25,27-31,38-43,45-46,54,65,73H,1,7,23-24,26,32-37,44H2,2-6,8-21H3/b27-25-,48-38+,50-40+. The lowest BCUT2D eigenvalue weighted by Crippen LogP contribution is -2.48. The van der Waals surface area contributed by atoms with Crippen LogP contribution in [0.1, 0.15) is 218 Å². The molecule has 3 unspecified atom stereocenters. The zero-order valence-corrected chi connectivity index (χ0v) is 50.7. The number of anilines is 1. The van der Waals surface area contributed by atoms with Gasteiger partial charge in [0.25, 0.3) is 6.71 Å². The number of nitrogens with zero attached hydrogens (tertiary/aromatic N) is 1. The van der Waals surface area contributed by atoms with Crippen LogP contribution in [0.4, 0.5) is 5.69 Å². The van der Waals surface area contributed by atoms with Gasteiger partial charge >= 0.3 is 0 Å². The average molecular weight is 1010 g/mol. The lowest BCUT2D eigenvalue weighted by atomic mass is 9.35. The zero-order valence-electron chi connectivity index (χ0n) is 50.7. The van der Waals surface area contributed by atoms with Crippen LogP contribution >= 0.6 is 0 Å². The van der Waals surface area contributed by atoms with Gasteiger partial charge in [-0.1, -0.05) is 185 Å². The van der Waals surface area contributed by atoms with Crippen LogP contribution in [0.25, 0.3) is 11.0 Å². The molecule has 2 bridgehead atoms. The molecule has 75 heavy (non-hydrogen) atoms. The highest BCUT2D eigenvalue weighted by molar-refractivity contribution is 6.86. The largest absolute Gasteiger partial charge is 0.470 e. The Labute approximate surface area is 458 Å². The number of furan rings is 1. The third-order valence-corrected chi connectivity index (χ3v) is 19.9. The van der Waals surface area contributed by atoms with E-state index in [1.807, 2.05) is 6.08 Å². The minimum Gasteiger partial charge on any atom is -0.470 e. The molecule has 2 aromatic carbocycles. The maximum atomic E-state index is 7.56. The van der Waals surface area contributed by atoms with Crippen LogP contribution in [-0.4, -0.2) is 18.2 Å². The summed E-state index contributed by atoms with van der Waals surface area (Å²) < 4.78 is 7.56. The molecular weight excluding hydrogens is 908 g/mol. The molecule has 0 spiro atoms. The molecule has 4 heteroatoms. The Balaban J connectivity index is 1.51. The molecule has 0 amide bonds. The van der Waals surface area contributed by atoms with Crippen LogP contribution in [0.5, 0.6) is 0 Å². The summed E-state index contributed by atoms with van der Waals surface area (Å²) >= 11 is 0. The Morgan fingerprint density at radius 3 is 2.09 bits per heavy atom. The van der Waals surface area contributed by atoms with Gasteiger partial charge < -0.3 is 14.6 Å². The van der Waals surface area contributed by atoms with Gasteiger partial charge in [-0.25, -0.2) is 0 Å². The topological polar surface area (TPSA) is 28.4 Å².